The summed E-state index contributed by atoms with van der Waals surface area (Å²) in [5.74, 6) is 0.334. The van der Waals surface area contributed by atoms with E-state index in [0.717, 1.165) is 31.4 Å². The molecular weight excluding hydrogens is 188 g/mol. The highest BCUT2D eigenvalue weighted by Gasteiger charge is 2.12. The molecule has 1 unspecified atom stereocenters. The molecule has 0 fully saturated rings. The standard InChI is InChI=1S/C13H20O2/c1-3-5-10-15-13(4-2)11-8-6-7-9-12(11)14/h6-9,13-14H,3-5,10H2,1-2H3. The smallest absolute Gasteiger partial charge is 0.121 e. The number of para-hydroxylation sites is 1. The summed E-state index contributed by atoms with van der Waals surface area (Å²) < 4.78 is 5.74. The van der Waals surface area contributed by atoms with Gasteiger partial charge in [-0.25, -0.2) is 0 Å². The number of phenolic OH excluding ortho intramolecular Hbond substituents is 1. The van der Waals surface area contributed by atoms with E-state index in [4.69, 9.17) is 4.74 Å². The number of ether oxygens (including phenoxy) is 1. The van der Waals surface area contributed by atoms with Gasteiger partial charge in [-0.2, -0.15) is 0 Å². The molecule has 84 valence electrons. The van der Waals surface area contributed by atoms with Crippen LogP contribution in [0.25, 0.3) is 0 Å². The molecule has 15 heavy (non-hydrogen) atoms. The molecule has 0 spiro atoms. The summed E-state index contributed by atoms with van der Waals surface area (Å²) in [5, 5.41) is 9.69. The lowest BCUT2D eigenvalue weighted by atomic mass is 10.1. The predicted molar refractivity (Wildman–Crippen MR) is 62.0 cm³/mol. The molecule has 0 bridgehead atoms. The average Bonchev–Trinajstić information content (AvgIpc) is 2.26. The first-order chi connectivity index (χ1) is 7.29. The molecule has 0 aliphatic carbocycles. The Bertz CT molecular complexity index is 284. The van der Waals surface area contributed by atoms with Gasteiger partial charge in [-0.1, -0.05) is 38.5 Å². The Labute approximate surface area is 91.9 Å². The minimum Gasteiger partial charge on any atom is -0.508 e. The van der Waals surface area contributed by atoms with E-state index in [-0.39, 0.29) is 6.10 Å². The Morgan fingerprint density at radius 1 is 1.27 bits per heavy atom. The summed E-state index contributed by atoms with van der Waals surface area (Å²) in [6, 6.07) is 7.40. The second kappa shape index (κ2) is 6.46. The largest absolute Gasteiger partial charge is 0.508 e. The lowest BCUT2D eigenvalue weighted by Gasteiger charge is -2.17. The molecule has 1 rings (SSSR count). The fraction of sp³-hybridized carbons (Fsp3) is 0.538. The highest BCUT2D eigenvalue weighted by atomic mass is 16.5. The molecule has 0 saturated carbocycles. The van der Waals surface area contributed by atoms with Gasteiger partial charge in [-0.15, -0.1) is 0 Å². The predicted octanol–water partition coefficient (Wildman–Crippen LogP) is 3.66. The first-order valence-electron chi connectivity index (χ1n) is 5.69. The van der Waals surface area contributed by atoms with Crippen molar-refractivity contribution in [3.8, 4) is 5.75 Å². The maximum atomic E-state index is 9.69. The van der Waals surface area contributed by atoms with Crippen molar-refractivity contribution < 1.29 is 9.84 Å². The summed E-state index contributed by atoms with van der Waals surface area (Å²) >= 11 is 0. The van der Waals surface area contributed by atoms with E-state index in [9.17, 15) is 5.11 Å². The van der Waals surface area contributed by atoms with E-state index >= 15 is 0 Å². The van der Waals surface area contributed by atoms with Crippen molar-refractivity contribution in [2.75, 3.05) is 6.61 Å². The fourth-order valence-electron chi connectivity index (χ4n) is 1.56. The third-order valence-corrected chi connectivity index (χ3v) is 2.47. The molecule has 1 N–H and O–H groups in total. The Balaban J connectivity index is 2.61. The van der Waals surface area contributed by atoms with E-state index in [0.29, 0.717) is 5.75 Å². The minimum absolute atomic E-state index is 0.0257. The Kier molecular flexibility index (Phi) is 5.19. The quantitative estimate of drug-likeness (QED) is 0.723. The van der Waals surface area contributed by atoms with Gasteiger partial charge in [0.2, 0.25) is 0 Å². The number of hydrogen-bond acceptors (Lipinski definition) is 2. The van der Waals surface area contributed by atoms with Gasteiger partial charge < -0.3 is 9.84 Å². The van der Waals surface area contributed by atoms with Crippen molar-refractivity contribution in [1.29, 1.82) is 0 Å². The SMILES string of the molecule is CCCCOC(CC)c1ccccc1O. The van der Waals surface area contributed by atoms with Crippen LogP contribution in [0, 0.1) is 0 Å². The third-order valence-electron chi connectivity index (χ3n) is 2.47. The van der Waals surface area contributed by atoms with Gasteiger partial charge in [0.15, 0.2) is 0 Å². The normalized spacial score (nSPS) is 12.7. The lowest BCUT2D eigenvalue weighted by molar-refractivity contribution is 0.0465. The molecule has 0 aromatic heterocycles. The zero-order valence-electron chi connectivity index (χ0n) is 9.57. The summed E-state index contributed by atoms with van der Waals surface area (Å²) in [5.41, 5.74) is 0.899. The summed E-state index contributed by atoms with van der Waals surface area (Å²) in [4.78, 5) is 0. The van der Waals surface area contributed by atoms with Gasteiger partial charge in [-0.3, -0.25) is 0 Å². The molecule has 0 radical (unpaired) electrons. The van der Waals surface area contributed by atoms with E-state index in [1.54, 1.807) is 6.07 Å². The molecule has 0 aliphatic heterocycles. The molecule has 2 nitrogen and oxygen atoms in total. The Morgan fingerprint density at radius 3 is 2.60 bits per heavy atom. The summed E-state index contributed by atoms with van der Waals surface area (Å²) in [7, 11) is 0. The third kappa shape index (κ3) is 3.56. The second-order valence-corrected chi connectivity index (χ2v) is 3.68. The van der Waals surface area contributed by atoms with Crippen LogP contribution in [0.4, 0.5) is 0 Å². The summed E-state index contributed by atoms with van der Waals surface area (Å²) in [6.45, 7) is 4.98. The minimum atomic E-state index is 0.0257. The van der Waals surface area contributed by atoms with Crippen LogP contribution in [-0.4, -0.2) is 11.7 Å². The van der Waals surface area contributed by atoms with Crippen molar-refractivity contribution in [1.82, 2.24) is 0 Å². The van der Waals surface area contributed by atoms with Crippen LogP contribution in [0.3, 0.4) is 0 Å². The number of phenols is 1. The number of aromatic hydroxyl groups is 1. The first-order valence-corrected chi connectivity index (χ1v) is 5.69. The number of benzene rings is 1. The van der Waals surface area contributed by atoms with Crippen molar-refractivity contribution in [2.24, 2.45) is 0 Å². The van der Waals surface area contributed by atoms with Crippen molar-refractivity contribution in [3.05, 3.63) is 29.8 Å². The molecule has 0 heterocycles. The second-order valence-electron chi connectivity index (χ2n) is 3.68. The van der Waals surface area contributed by atoms with Crippen LogP contribution in [0.1, 0.15) is 44.8 Å². The van der Waals surface area contributed by atoms with Crippen LogP contribution in [0.15, 0.2) is 24.3 Å². The zero-order valence-corrected chi connectivity index (χ0v) is 9.57. The molecule has 1 aromatic rings. The van der Waals surface area contributed by atoms with Crippen LogP contribution in [-0.2, 0) is 4.74 Å². The molecule has 0 aliphatic rings. The highest BCUT2D eigenvalue weighted by molar-refractivity contribution is 5.33. The topological polar surface area (TPSA) is 29.5 Å². The number of unbranched alkanes of at least 4 members (excludes halogenated alkanes) is 1. The van der Waals surface area contributed by atoms with E-state index in [1.807, 2.05) is 18.2 Å². The van der Waals surface area contributed by atoms with Gasteiger partial charge in [0.05, 0.1) is 6.10 Å². The van der Waals surface area contributed by atoms with Crippen LogP contribution < -0.4 is 0 Å². The van der Waals surface area contributed by atoms with Crippen LogP contribution >= 0.6 is 0 Å². The zero-order chi connectivity index (χ0) is 11.1. The number of rotatable bonds is 6. The van der Waals surface area contributed by atoms with Gasteiger partial charge in [-0.05, 0) is 18.9 Å². The van der Waals surface area contributed by atoms with E-state index < -0.39 is 0 Å². The maximum absolute atomic E-state index is 9.69. The van der Waals surface area contributed by atoms with Crippen LogP contribution in [0.2, 0.25) is 0 Å². The summed E-state index contributed by atoms with van der Waals surface area (Å²) in [6.07, 6.45) is 3.13. The molecular formula is C13H20O2. The molecule has 0 amide bonds. The van der Waals surface area contributed by atoms with Gasteiger partial charge in [0.25, 0.3) is 0 Å². The Morgan fingerprint density at radius 2 is 2.00 bits per heavy atom. The number of hydrogen-bond donors (Lipinski definition) is 1. The highest BCUT2D eigenvalue weighted by Crippen LogP contribution is 2.28. The molecule has 2 heteroatoms. The lowest BCUT2D eigenvalue weighted by Crippen LogP contribution is -2.04. The van der Waals surface area contributed by atoms with E-state index in [1.165, 1.54) is 0 Å². The maximum Gasteiger partial charge on any atom is 0.121 e. The first kappa shape index (κ1) is 12.1. The van der Waals surface area contributed by atoms with Gasteiger partial charge in [0.1, 0.15) is 5.75 Å². The van der Waals surface area contributed by atoms with Crippen molar-refractivity contribution in [2.45, 2.75) is 39.2 Å². The Hall–Kier alpha value is -1.02. The molecule has 1 aromatic carbocycles. The molecule has 0 saturated heterocycles. The average molecular weight is 208 g/mol. The molecule has 1 atom stereocenters. The fourth-order valence-corrected chi connectivity index (χ4v) is 1.56. The van der Waals surface area contributed by atoms with Gasteiger partial charge in [0, 0.05) is 12.2 Å². The van der Waals surface area contributed by atoms with Gasteiger partial charge >= 0.3 is 0 Å². The van der Waals surface area contributed by atoms with Crippen molar-refractivity contribution >= 4 is 0 Å². The van der Waals surface area contributed by atoms with Crippen LogP contribution in [0.5, 0.6) is 5.75 Å². The monoisotopic (exact) mass is 208 g/mol. The van der Waals surface area contributed by atoms with Crippen molar-refractivity contribution in [3.63, 3.8) is 0 Å². The van der Waals surface area contributed by atoms with E-state index in [2.05, 4.69) is 13.8 Å².